The maximum atomic E-state index is 5.86. The van der Waals surface area contributed by atoms with Crippen LogP contribution in [0.2, 0.25) is 0 Å². The Kier molecular flexibility index (Phi) is 3.11. The Morgan fingerprint density at radius 1 is 1.39 bits per heavy atom. The fraction of sp³-hybridized carbons (Fsp3) is 0.583. The summed E-state index contributed by atoms with van der Waals surface area (Å²) in [7, 11) is 1.77. The molecule has 2 aromatic rings. The van der Waals surface area contributed by atoms with E-state index in [1.165, 1.54) is 0 Å². The molecular weight excluding hydrogens is 230 g/mol. The molecule has 0 aliphatic carbocycles. The number of rotatable bonds is 3. The molecule has 2 heterocycles. The zero-order valence-electron chi connectivity index (χ0n) is 11.3. The predicted molar refractivity (Wildman–Crippen MR) is 68.7 cm³/mol. The van der Waals surface area contributed by atoms with Crippen molar-refractivity contribution in [2.24, 2.45) is 12.5 Å². The summed E-state index contributed by atoms with van der Waals surface area (Å²) in [5.41, 5.74) is 6.80. The normalized spacial score (nSPS) is 12.0. The van der Waals surface area contributed by atoms with Gasteiger partial charge in [0.15, 0.2) is 5.82 Å². The molecule has 2 rings (SSSR count). The maximum absolute atomic E-state index is 5.86. The summed E-state index contributed by atoms with van der Waals surface area (Å²) in [6.07, 6.45) is 3.44. The van der Waals surface area contributed by atoms with Crippen LogP contribution in [0, 0.1) is 5.41 Å². The van der Waals surface area contributed by atoms with Crippen molar-refractivity contribution in [2.75, 3.05) is 5.73 Å². The smallest absolute Gasteiger partial charge is 0.263 e. The second-order valence-electron chi connectivity index (χ2n) is 5.64. The molecule has 0 aliphatic rings. The summed E-state index contributed by atoms with van der Waals surface area (Å²) in [6.45, 7) is 6.56. The molecule has 98 valence electrons. The fourth-order valence-corrected chi connectivity index (χ4v) is 1.56. The van der Waals surface area contributed by atoms with Crippen LogP contribution >= 0.6 is 0 Å². The number of aromatic nitrogens is 4. The van der Waals surface area contributed by atoms with E-state index in [-0.39, 0.29) is 5.41 Å². The standard InChI is InChI=1S/C12H19N5O/c1-12(2,3)6-5-9-15-11(18-16-9)8-7-14-17(4)10(8)13/h7H,5-6,13H2,1-4H3. The highest BCUT2D eigenvalue weighted by Crippen LogP contribution is 2.25. The third-order valence-electron chi connectivity index (χ3n) is 2.78. The van der Waals surface area contributed by atoms with Crippen molar-refractivity contribution < 1.29 is 4.52 Å². The van der Waals surface area contributed by atoms with Gasteiger partial charge in [-0.05, 0) is 11.8 Å². The van der Waals surface area contributed by atoms with Gasteiger partial charge in [-0.3, -0.25) is 4.68 Å². The summed E-state index contributed by atoms with van der Waals surface area (Å²) < 4.78 is 6.79. The molecule has 2 aromatic heterocycles. The van der Waals surface area contributed by atoms with Crippen molar-refractivity contribution in [1.82, 2.24) is 19.9 Å². The van der Waals surface area contributed by atoms with Crippen molar-refractivity contribution in [3.63, 3.8) is 0 Å². The number of nitrogens with two attached hydrogens (primary N) is 1. The van der Waals surface area contributed by atoms with Crippen LogP contribution in [-0.4, -0.2) is 19.9 Å². The monoisotopic (exact) mass is 249 g/mol. The van der Waals surface area contributed by atoms with E-state index in [4.69, 9.17) is 10.3 Å². The number of anilines is 1. The van der Waals surface area contributed by atoms with Crippen LogP contribution in [-0.2, 0) is 13.5 Å². The van der Waals surface area contributed by atoms with Gasteiger partial charge in [0.2, 0.25) is 0 Å². The van der Waals surface area contributed by atoms with Crippen LogP contribution in [0.5, 0.6) is 0 Å². The largest absolute Gasteiger partial charge is 0.383 e. The Balaban J connectivity index is 2.13. The Morgan fingerprint density at radius 2 is 2.11 bits per heavy atom. The minimum Gasteiger partial charge on any atom is -0.383 e. The molecule has 0 radical (unpaired) electrons. The first-order valence-corrected chi connectivity index (χ1v) is 5.97. The second kappa shape index (κ2) is 4.44. The summed E-state index contributed by atoms with van der Waals surface area (Å²) in [5, 5.41) is 8.02. The molecule has 0 bridgehead atoms. The van der Waals surface area contributed by atoms with E-state index in [0.29, 0.717) is 23.1 Å². The molecule has 0 aliphatic heterocycles. The highest BCUT2D eigenvalue weighted by Gasteiger charge is 2.17. The molecule has 0 saturated carbocycles. The Hall–Kier alpha value is -1.85. The molecule has 0 saturated heterocycles. The van der Waals surface area contributed by atoms with Crippen molar-refractivity contribution in [2.45, 2.75) is 33.6 Å². The van der Waals surface area contributed by atoms with Crippen molar-refractivity contribution in [1.29, 1.82) is 0 Å². The summed E-state index contributed by atoms with van der Waals surface area (Å²) in [5.74, 6) is 1.67. The predicted octanol–water partition coefficient (Wildman–Crippen LogP) is 2.03. The van der Waals surface area contributed by atoms with E-state index < -0.39 is 0 Å². The first-order valence-electron chi connectivity index (χ1n) is 5.97. The zero-order chi connectivity index (χ0) is 13.3. The number of aryl methyl sites for hydroxylation is 2. The van der Waals surface area contributed by atoms with Gasteiger partial charge in [-0.25, -0.2) is 0 Å². The number of hydrogen-bond donors (Lipinski definition) is 1. The summed E-state index contributed by atoms with van der Waals surface area (Å²) in [4.78, 5) is 4.35. The lowest BCUT2D eigenvalue weighted by Crippen LogP contribution is -2.07. The van der Waals surface area contributed by atoms with Crippen LogP contribution in [0.4, 0.5) is 5.82 Å². The van der Waals surface area contributed by atoms with Gasteiger partial charge >= 0.3 is 0 Å². The molecule has 0 fully saturated rings. The highest BCUT2D eigenvalue weighted by molar-refractivity contribution is 5.66. The van der Waals surface area contributed by atoms with E-state index in [1.54, 1.807) is 17.9 Å². The van der Waals surface area contributed by atoms with Gasteiger partial charge in [0.05, 0.1) is 6.20 Å². The van der Waals surface area contributed by atoms with E-state index >= 15 is 0 Å². The van der Waals surface area contributed by atoms with Gasteiger partial charge in [0.1, 0.15) is 11.4 Å². The van der Waals surface area contributed by atoms with Crippen LogP contribution in [0.1, 0.15) is 33.0 Å². The van der Waals surface area contributed by atoms with E-state index in [1.807, 2.05) is 0 Å². The van der Waals surface area contributed by atoms with Gasteiger partial charge in [0, 0.05) is 13.5 Å². The van der Waals surface area contributed by atoms with Gasteiger partial charge in [-0.2, -0.15) is 10.1 Å². The van der Waals surface area contributed by atoms with Gasteiger partial charge in [0.25, 0.3) is 5.89 Å². The molecule has 0 atom stereocenters. The first kappa shape index (κ1) is 12.6. The van der Waals surface area contributed by atoms with E-state index in [0.717, 1.165) is 12.8 Å². The van der Waals surface area contributed by atoms with Crippen molar-refractivity contribution in [3.05, 3.63) is 12.0 Å². The summed E-state index contributed by atoms with van der Waals surface area (Å²) >= 11 is 0. The average molecular weight is 249 g/mol. The first-order chi connectivity index (χ1) is 8.37. The molecular formula is C12H19N5O. The highest BCUT2D eigenvalue weighted by atomic mass is 16.5. The number of hydrogen-bond acceptors (Lipinski definition) is 5. The topological polar surface area (TPSA) is 82.8 Å². The van der Waals surface area contributed by atoms with E-state index in [2.05, 4.69) is 36.0 Å². The fourth-order valence-electron chi connectivity index (χ4n) is 1.56. The Labute approximate surface area is 106 Å². The van der Waals surface area contributed by atoms with Crippen LogP contribution < -0.4 is 5.73 Å². The average Bonchev–Trinajstić information content (AvgIpc) is 2.84. The van der Waals surface area contributed by atoms with Crippen molar-refractivity contribution in [3.8, 4) is 11.5 Å². The van der Waals surface area contributed by atoms with Crippen molar-refractivity contribution >= 4 is 5.82 Å². The second-order valence-corrected chi connectivity index (χ2v) is 5.64. The molecule has 18 heavy (non-hydrogen) atoms. The van der Waals surface area contributed by atoms with Gasteiger partial charge in [-0.15, -0.1) is 0 Å². The van der Waals surface area contributed by atoms with Crippen LogP contribution in [0.25, 0.3) is 11.5 Å². The molecule has 6 nitrogen and oxygen atoms in total. The Bertz CT molecular complexity index is 535. The molecule has 0 unspecified atom stereocenters. The van der Waals surface area contributed by atoms with Crippen LogP contribution in [0.15, 0.2) is 10.7 Å². The molecule has 0 aromatic carbocycles. The SMILES string of the molecule is Cn1ncc(-c2nc(CCC(C)(C)C)no2)c1N. The van der Waals surface area contributed by atoms with Gasteiger partial charge in [-0.1, -0.05) is 25.9 Å². The third kappa shape index (κ3) is 2.69. The lowest BCUT2D eigenvalue weighted by atomic mass is 9.90. The quantitative estimate of drug-likeness (QED) is 0.899. The lowest BCUT2D eigenvalue weighted by Gasteiger charge is -2.15. The van der Waals surface area contributed by atoms with E-state index in [9.17, 15) is 0 Å². The maximum Gasteiger partial charge on any atom is 0.263 e. The molecule has 6 heteroatoms. The minimum absolute atomic E-state index is 0.258. The van der Waals surface area contributed by atoms with Crippen LogP contribution in [0.3, 0.4) is 0 Å². The number of nitrogens with zero attached hydrogens (tertiary/aromatic N) is 4. The molecule has 2 N–H and O–H groups in total. The van der Waals surface area contributed by atoms with Gasteiger partial charge < -0.3 is 10.3 Å². The lowest BCUT2D eigenvalue weighted by molar-refractivity contribution is 0.366. The summed E-state index contributed by atoms with van der Waals surface area (Å²) in [6, 6.07) is 0. The zero-order valence-corrected chi connectivity index (χ0v) is 11.3. The Morgan fingerprint density at radius 3 is 2.67 bits per heavy atom. The minimum atomic E-state index is 0.258. The molecule has 0 spiro atoms. The third-order valence-corrected chi connectivity index (χ3v) is 2.78. The molecule has 0 amide bonds. The number of nitrogen functional groups attached to an aromatic ring is 1.